The largest absolute Gasteiger partial charge is 0.347 e. The summed E-state index contributed by atoms with van der Waals surface area (Å²) in [5.74, 6) is 1.64. The van der Waals surface area contributed by atoms with Crippen LogP contribution in [0.1, 0.15) is 24.6 Å². The fourth-order valence-corrected chi connectivity index (χ4v) is 1.89. The molecule has 1 saturated carbocycles. The second kappa shape index (κ2) is 3.28. The fourth-order valence-electron chi connectivity index (χ4n) is 1.89. The molecule has 0 unspecified atom stereocenters. The third-order valence-corrected chi connectivity index (χ3v) is 3.04. The first kappa shape index (κ1) is 9.58. The molecule has 1 aliphatic carbocycles. The van der Waals surface area contributed by atoms with Gasteiger partial charge in [-0.2, -0.15) is 10.1 Å². The van der Waals surface area contributed by atoms with E-state index in [2.05, 4.69) is 20.3 Å². The summed E-state index contributed by atoms with van der Waals surface area (Å²) in [5, 5.41) is 10.2. The van der Waals surface area contributed by atoms with Crippen LogP contribution >= 0.6 is 0 Å². The van der Waals surface area contributed by atoms with Gasteiger partial charge in [0.15, 0.2) is 11.5 Å². The Morgan fingerprint density at radius 3 is 3.11 bits per heavy atom. The minimum absolute atomic E-state index is 0.284. The lowest BCUT2D eigenvalue weighted by Gasteiger charge is -1.94. The van der Waals surface area contributed by atoms with Gasteiger partial charge in [-0.3, -0.25) is 0 Å². The summed E-state index contributed by atoms with van der Waals surface area (Å²) in [4.78, 5) is 15.8. The Morgan fingerprint density at radius 2 is 2.28 bits per heavy atom. The molecule has 0 aliphatic heterocycles. The van der Waals surface area contributed by atoms with Crippen molar-refractivity contribution in [3.63, 3.8) is 0 Å². The molecule has 3 aromatic rings. The number of hydrogen-bond acceptors (Lipinski definition) is 5. The number of aromatic nitrogens is 5. The number of aromatic amines is 1. The van der Waals surface area contributed by atoms with Crippen LogP contribution in [0.2, 0.25) is 0 Å². The minimum Gasteiger partial charge on any atom is -0.334 e. The summed E-state index contributed by atoms with van der Waals surface area (Å²) in [7, 11) is 0. The van der Waals surface area contributed by atoms with E-state index >= 15 is 0 Å². The molecular weight excluding hydrogens is 234 g/mol. The van der Waals surface area contributed by atoms with Crippen LogP contribution in [0.25, 0.3) is 17.1 Å². The fraction of sp³-hybridized carbons (Fsp3) is 0.273. The number of H-pyrrole nitrogens is 1. The predicted octanol–water partition coefficient (Wildman–Crippen LogP) is 0.950. The predicted molar refractivity (Wildman–Crippen MR) is 61.1 cm³/mol. The van der Waals surface area contributed by atoms with Crippen LogP contribution in [0.4, 0.5) is 0 Å². The molecular formula is C11H9N5O2. The van der Waals surface area contributed by atoms with Gasteiger partial charge in [-0.1, -0.05) is 5.16 Å². The van der Waals surface area contributed by atoms with Gasteiger partial charge in [-0.15, -0.1) is 0 Å². The SMILES string of the molecule is O=c1[nH]nc2ccc(-c3nc(C4CC4)no3)cn12. The van der Waals surface area contributed by atoms with Crippen LogP contribution in [0, 0.1) is 0 Å². The Balaban J connectivity index is 1.84. The van der Waals surface area contributed by atoms with E-state index in [9.17, 15) is 4.79 Å². The first-order valence-corrected chi connectivity index (χ1v) is 5.72. The van der Waals surface area contributed by atoms with Crippen LogP contribution in [-0.2, 0) is 0 Å². The minimum atomic E-state index is -0.284. The smallest absolute Gasteiger partial charge is 0.334 e. The highest BCUT2D eigenvalue weighted by Crippen LogP contribution is 2.38. The maximum Gasteiger partial charge on any atom is 0.347 e. The second-order valence-corrected chi connectivity index (χ2v) is 4.41. The molecule has 18 heavy (non-hydrogen) atoms. The molecule has 0 bridgehead atoms. The molecule has 0 aromatic carbocycles. The van der Waals surface area contributed by atoms with E-state index in [0.29, 0.717) is 23.0 Å². The maximum atomic E-state index is 11.5. The lowest BCUT2D eigenvalue weighted by molar-refractivity contribution is 0.422. The number of hydrogen-bond donors (Lipinski definition) is 1. The lowest BCUT2D eigenvalue weighted by atomic mass is 10.3. The quantitative estimate of drug-likeness (QED) is 0.723. The number of pyridine rings is 1. The zero-order chi connectivity index (χ0) is 12.1. The van der Waals surface area contributed by atoms with E-state index in [4.69, 9.17) is 4.52 Å². The number of rotatable bonds is 2. The molecule has 4 rings (SSSR count). The van der Waals surface area contributed by atoms with Crippen molar-refractivity contribution in [2.24, 2.45) is 0 Å². The third-order valence-electron chi connectivity index (χ3n) is 3.04. The van der Waals surface area contributed by atoms with Gasteiger partial charge in [0, 0.05) is 12.1 Å². The number of nitrogens with zero attached hydrogens (tertiary/aromatic N) is 4. The van der Waals surface area contributed by atoms with Crippen LogP contribution < -0.4 is 5.69 Å². The molecule has 0 spiro atoms. The Labute approximate surface area is 100 Å². The summed E-state index contributed by atoms with van der Waals surface area (Å²) in [6, 6.07) is 3.54. The van der Waals surface area contributed by atoms with E-state index in [-0.39, 0.29) is 5.69 Å². The Kier molecular flexibility index (Phi) is 1.75. The summed E-state index contributed by atoms with van der Waals surface area (Å²) < 4.78 is 6.62. The van der Waals surface area contributed by atoms with Crippen molar-refractivity contribution in [2.45, 2.75) is 18.8 Å². The maximum absolute atomic E-state index is 11.5. The Bertz CT molecular complexity index is 780. The Morgan fingerprint density at radius 1 is 1.39 bits per heavy atom. The molecule has 3 heterocycles. The van der Waals surface area contributed by atoms with E-state index in [0.717, 1.165) is 18.7 Å². The standard InChI is InChI=1S/C11H9N5O2/c17-11-14-13-8-4-3-7(5-16(8)11)10-12-9(15-18-10)6-1-2-6/h3-6H,1-2H2,(H,14,17). The normalized spacial score (nSPS) is 15.3. The van der Waals surface area contributed by atoms with Crippen LogP contribution in [0.5, 0.6) is 0 Å². The van der Waals surface area contributed by atoms with Crippen LogP contribution in [-0.4, -0.2) is 24.7 Å². The first-order valence-electron chi connectivity index (χ1n) is 5.72. The average molecular weight is 243 g/mol. The molecule has 90 valence electrons. The van der Waals surface area contributed by atoms with Crippen molar-refractivity contribution in [3.8, 4) is 11.5 Å². The van der Waals surface area contributed by atoms with Crippen molar-refractivity contribution >= 4 is 5.65 Å². The van der Waals surface area contributed by atoms with Crippen molar-refractivity contribution in [2.75, 3.05) is 0 Å². The molecule has 0 radical (unpaired) electrons. The monoisotopic (exact) mass is 243 g/mol. The van der Waals surface area contributed by atoms with Gasteiger partial charge < -0.3 is 4.52 Å². The molecule has 1 fully saturated rings. The molecule has 3 aromatic heterocycles. The number of fused-ring (bicyclic) bond motifs is 1. The van der Waals surface area contributed by atoms with Crippen LogP contribution in [0.15, 0.2) is 27.6 Å². The van der Waals surface area contributed by atoms with Gasteiger partial charge in [-0.25, -0.2) is 14.3 Å². The van der Waals surface area contributed by atoms with Gasteiger partial charge in [-0.05, 0) is 25.0 Å². The third kappa shape index (κ3) is 1.37. The number of nitrogens with one attached hydrogen (secondary N) is 1. The zero-order valence-electron chi connectivity index (χ0n) is 9.33. The van der Waals surface area contributed by atoms with E-state index in [1.807, 2.05) is 0 Å². The molecule has 7 heteroatoms. The van der Waals surface area contributed by atoms with E-state index in [1.54, 1.807) is 18.3 Å². The first-order chi connectivity index (χ1) is 8.81. The summed E-state index contributed by atoms with van der Waals surface area (Å²) >= 11 is 0. The highest BCUT2D eigenvalue weighted by atomic mass is 16.5. The van der Waals surface area contributed by atoms with Gasteiger partial charge in [0.25, 0.3) is 5.89 Å². The highest BCUT2D eigenvalue weighted by molar-refractivity contribution is 5.55. The van der Waals surface area contributed by atoms with Crippen molar-refractivity contribution in [1.82, 2.24) is 24.7 Å². The zero-order valence-corrected chi connectivity index (χ0v) is 9.33. The van der Waals surface area contributed by atoms with Crippen LogP contribution in [0.3, 0.4) is 0 Å². The average Bonchev–Trinajstić information content (AvgIpc) is 3.01. The molecule has 0 saturated heterocycles. The van der Waals surface area contributed by atoms with Gasteiger partial charge in [0.2, 0.25) is 0 Å². The molecule has 0 atom stereocenters. The van der Waals surface area contributed by atoms with Crippen molar-refractivity contribution in [3.05, 3.63) is 34.6 Å². The lowest BCUT2D eigenvalue weighted by Crippen LogP contribution is -2.08. The van der Waals surface area contributed by atoms with Gasteiger partial charge in [0.1, 0.15) is 0 Å². The molecule has 1 N–H and O–H groups in total. The van der Waals surface area contributed by atoms with Crippen molar-refractivity contribution in [1.29, 1.82) is 0 Å². The molecule has 7 nitrogen and oxygen atoms in total. The van der Waals surface area contributed by atoms with Gasteiger partial charge in [0.05, 0.1) is 5.56 Å². The second-order valence-electron chi connectivity index (χ2n) is 4.41. The summed E-state index contributed by atoms with van der Waals surface area (Å²) in [6.07, 6.45) is 3.89. The Hall–Kier alpha value is -2.44. The van der Waals surface area contributed by atoms with E-state index in [1.165, 1.54) is 4.40 Å². The van der Waals surface area contributed by atoms with E-state index < -0.39 is 0 Å². The molecule has 0 amide bonds. The summed E-state index contributed by atoms with van der Waals surface area (Å²) in [5.41, 5.74) is 0.991. The van der Waals surface area contributed by atoms with Crippen molar-refractivity contribution < 1.29 is 4.52 Å². The molecule has 1 aliphatic rings. The summed E-state index contributed by atoms with van der Waals surface area (Å²) in [6.45, 7) is 0. The highest BCUT2D eigenvalue weighted by Gasteiger charge is 2.29. The van der Waals surface area contributed by atoms with Gasteiger partial charge >= 0.3 is 5.69 Å². The topological polar surface area (TPSA) is 89.1 Å².